The van der Waals surface area contributed by atoms with E-state index in [0.29, 0.717) is 0 Å². The van der Waals surface area contributed by atoms with E-state index in [9.17, 15) is 0 Å². The molecule has 32 valence electrons. The lowest BCUT2D eigenvalue weighted by Gasteiger charge is -2.06. The summed E-state index contributed by atoms with van der Waals surface area (Å²) < 4.78 is 19.4. The molecule has 0 rings (SSSR count). The Bertz CT molecular complexity index is 19.1. The van der Waals surface area contributed by atoms with Crippen molar-refractivity contribution in [2.24, 2.45) is 18.9 Å². The maximum atomic E-state index is 4.85. The highest BCUT2D eigenvalue weighted by atomic mass is 27.3. The van der Waals surface area contributed by atoms with Crippen LogP contribution in [0.4, 0.5) is 0 Å². The maximum absolute atomic E-state index is 4.85. The highest BCUT2D eigenvalue weighted by Crippen LogP contribution is 1.33. The topological polar surface area (TPSA) is 104 Å². The van der Waals surface area contributed by atoms with Crippen molar-refractivity contribution < 1.29 is 0 Å². The molecular formula is H8AlN4-. The van der Waals surface area contributed by atoms with Crippen LogP contribution in [0, 0.1) is 0 Å². The summed E-state index contributed by atoms with van der Waals surface area (Å²) >= 11 is -2.83. The predicted octanol–water partition coefficient (Wildman–Crippen LogP) is -2.74. The van der Waals surface area contributed by atoms with Crippen LogP contribution in [0.15, 0.2) is 0 Å². The Morgan fingerprint density at radius 2 is 0.800 bits per heavy atom. The van der Waals surface area contributed by atoms with Crippen LogP contribution in [-0.4, -0.2) is 14.0 Å². The summed E-state index contributed by atoms with van der Waals surface area (Å²) in [7, 11) is 0. The Morgan fingerprint density at radius 1 is 0.800 bits per heavy atom. The summed E-state index contributed by atoms with van der Waals surface area (Å²) in [5, 5.41) is 0. The second-order valence-electron chi connectivity index (χ2n) is 1.15. The first kappa shape index (κ1) is 5.37. The predicted molar refractivity (Wildman–Crippen MR) is 22.5 cm³/mol. The van der Waals surface area contributed by atoms with Gasteiger partial charge in [-0.25, -0.2) is 0 Å². The molecule has 5 heavy (non-hydrogen) atoms. The molecule has 0 spiro atoms. The van der Waals surface area contributed by atoms with E-state index >= 15 is 0 Å². The molecular weight excluding hydrogens is 83.0 g/mol. The standard InChI is InChI=1S/Al.4H2N/h;4*1H2/q+3;4*-1. The lowest BCUT2D eigenvalue weighted by atomic mass is 13.7. The van der Waals surface area contributed by atoms with E-state index in [1.165, 1.54) is 0 Å². The fraction of sp³-hybridized carbons (Fsp3) is 0. The van der Waals surface area contributed by atoms with Gasteiger partial charge in [-0.3, -0.25) is 0 Å². The van der Waals surface area contributed by atoms with Crippen molar-refractivity contribution in [3.63, 3.8) is 0 Å². The van der Waals surface area contributed by atoms with Gasteiger partial charge in [-0.15, -0.1) is 0 Å². The molecule has 0 heterocycles. The Kier molecular flexibility index (Phi) is 1.32. The van der Waals surface area contributed by atoms with E-state index in [4.69, 9.17) is 18.9 Å². The molecule has 4 nitrogen and oxygen atoms in total. The first-order valence-electron chi connectivity index (χ1n) is 1.33. The van der Waals surface area contributed by atoms with Gasteiger partial charge in [0.2, 0.25) is 0 Å². The van der Waals surface area contributed by atoms with Gasteiger partial charge in [0.25, 0.3) is 0 Å². The molecule has 8 N–H and O–H groups in total. The van der Waals surface area contributed by atoms with Gasteiger partial charge in [0, 0.05) is 0 Å². The zero-order chi connectivity index (χ0) is 4.50. The van der Waals surface area contributed by atoms with Gasteiger partial charge < -0.3 is 18.9 Å². The molecule has 5 heteroatoms. The zero-order valence-electron chi connectivity index (χ0n) is 2.89. The van der Waals surface area contributed by atoms with Crippen LogP contribution in [0.2, 0.25) is 0 Å². The quantitative estimate of drug-likeness (QED) is 0.243. The van der Waals surface area contributed by atoms with Gasteiger partial charge in [-0.1, -0.05) is 0 Å². The highest BCUT2D eigenvalue weighted by molar-refractivity contribution is 6.66. The van der Waals surface area contributed by atoms with Gasteiger partial charge in [-0.2, -0.15) is 0 Å². The van der Waals surface area contributed by atoms with Crippen LogP contribution in [0.25, 0.3) is 0 Å². The SMILES string of the molecule is [NH2][Al-]([NH2])([NH2])[NH2]. The Hall–Kier alpha value is 0.372. The molecule has 0 amide bonds. The van der Waals surface area contributed by atoms with Crippen molar-refractivity contribution in [1.29, 1.82) is 0 Å². The molecule has 0 saturated heterocycles. The number of rotatable bonds is 0. The molecule has 0 aliphatic heterocycles. The molecule has 0 atom stereocenters. The van der Waals surface area contributed by atoms with Crippen LogP contribution in [0.3, 0.4) is 0 Å². The Labute approximate surface area is 33.7 Å². The molecule has 0 saturated carbocycles. The molecule has 0 aliphatic rings. The maximum Gasteiger partial charge on any atom is 0.510 e. The number of hydrogen-bond donors (Lipinski definition) is 4. The minimum atomic E-state index is -2.83. The first-order valence-corrected chi connectivity index (χ1v) is 4.00. The van der Waals surface area contributed by atoms with Crippen molar-refractivity contribution in [1.82, 2.24) is 0 Å². The third-order valence-corrected chi connectivity index (χ3v) is 0. The number of hydrogen-bond acceptors (Lipinski definition) is 4. The molecule has 0 radical (unpaired) electrons. The first-order chi connectivity index (χ1) is 2.00. The van der Waals surface area contributed by atoms with E-state index in [2.05, 4.69) is 0 Å². The smallest absolute Gasteiger partial charge is 0.501 e. The second kappa shape index (κ2) is 1.22. The van der Waals surface area contributed by atoms with E-state index in [1.807, 2.05) is 0 Å². The van der Waals surface area contributed by atoms with Gasteiger partial charge in [-0.05, 0) is 0 Å². The Balaban J connectivity index is 3.02. The summed E-state index contributed by atoms with van der Waals surface area (Å²) in [6.45, 7) is 0. The van der Waals surface area contributed by atoms with Crippen LogP contribution in [-0.2, 0) is 0 Å². The van der Waals surface area contributed by atoms with Gasteiger partial charge in [0.1, 0.15) is 0 Å². The lowest BCUT2D eigenvalue weighted by Crippen LogP contribution is -2.72. The minimum Gasteiger partial charge on any atom is -0.501 e. The molecule has 0 aliphatic carbocycles. The summed E-state index contributed by atoms with van der Waals surface area (Å²) in [6, 6.07) is 0. The molecule has 0 aromatic heterocycles. The summed E-state index contributed by atoms with van der Waals surface area (Å²) in [5.74, 6) is 0. The van der Waals surface area contributed by atoms with Crippen LogP contribution in [0.1, 0.15) is 0 Å². The van der Waals surface area contributed by atoms with Crippen molar-refractivity contribution in [3.05, 3.63) is 0 Å². The highest BCUT2D eigenvalue weighted by Gasteiger charge is 2.07. The molecule has 0 bridgehead atoms. The third kappa shape index (κ3) is 177. The van der Waals surface area contributed by atoms with E-state index in [1.54, 1.807) is 0 Å². The molecule has 0 aromatic rings. The van der Waals surface area contributed by atoms with Crippen molar-refractivity contribution in [3.8, 4) is 0 Å². The monoisotopic (exact) mass is 91.1 g/mol. The fourth-order valence-corrected chi connectivity index (χ4v) is 0. The normalized spacial score (nSPS) is 12.0. The van der Waals surface area contributed by atoms with Crippen molar-refractivity contribution in [2.75, 3.05) is 0 Å². The third-order valence-electron chi connectivity index (χ3n) is 0. The van der Waals surface area contributed by atoms with E-state index in [-0.39, 0.29) is 0 Å². The average Bonchev–Trinajstić information content (AvgIpc) is 0.722. The van der Waals surface area contributed by atoms with Crippen molar-refractivity contribution in [2.45, 2.75) is 0 Å². The lowest BCUT2D eigenvalue weighted by molar-refractivity contribution is 1.36. The van der Waals surface area contributed by atoms with Crippen LogP contribution in [0.5, 0.6) is 0 Å². The minimum absolute atomic E-state index is 2.83. The van der Waals surface area contributed by atoms with Crippen molar-refractivity contribution >= 4 is 14.0 Å². The van der Waals surface area contributed by atoms with E-state index < -0.39 is 14.0 Å². The summed E-state index contributed by atoms with van der Waals surface area (Å²) in [5.41, 5.74) is 0. The molecule has 0 aromatic carbocycles. The largest absolute Gasteiger partial charge is 0.510 e. The fourth-order valence-electron chi connectivity index (χ4n) is 0. The van der Waals surface area contributed by atoms with E-state index in [0.717, 1.165) is 0 Å². The molecule has 0 unspecified atom stereocenters. The van der Waals surface area contributed by atoms with Gasteiger partial charge in [0.05, 0.1) is 0 Å². The zero-order valence-corrected chi connectivity index (χ0v) is 4.04. The number of nitrogens with two attached hydrogens (primary N) is 4. The average molecular weight is 91.1 g/mol. The molecule has 0 fully saturated rings. The second-order valence-corrected chi connectivity index (χ2v) is 3.46. The van der Waals surface area contributed by atoms with Gasteiger partial charge in [0.15, 0.2) is 0 Å². The summed E-state index contributed by atoms with van der Waals surface area (Å²) in [4.78, 5) is 0. The van der Waals surface area contributed by atoms with Crippen LogP contribution < -0.4 is 18.9 Å². The van der Waals surface area contributed by atoms with Gasteiger partial charge >= 0.3 is 14.0 Å². The van der Waals surface area contributed by atoms with Crippen LogP contribution >= 0.6 is 0 Å². The Morgan fingerprint density at radius 3 is 0.800 bits per heavy atom. The summed E-state index contributed by atoms with van der Waals surface area (Å²) in [6.07, 6.45) is 0.